The molecule has 7 heavy (non-hydrogen) atoms. The van der Waals surface area contributed by atoms with Gasteiger partial charge < -0.3 is 0 Å². The monoisotopic (exact) mass is 116 g/mol. The van der Waals surface area contributed by atoms with Crippen LogP contribution in [0.5, 0.6) is 0 Å². The predicted octanol–water partition coefficient (Wildman–Crippen LogP) is 2.12. The van der Waals surface area contributed by atoms with E-state index in [0.717, 1.165) is 0 Å². The van der Waals surface area contributed by atoms with Crippen LogP contribution in [-0.2, 0) is 0 Å². The highest BCUT2D eigenvalue weighted by atomic mass is 31.1. The average molecular weight is 116 g/mol. The maximum absolute atomic E-state index is 7.57. The third-order valence-electron chi connectivity index (χ3n) is 0.179. The molecule has 0 aliphatic heterocycles. The molecule has 0 rings (SSSR count). The van der Waals surface area contributed by atoms with Crippen molar-refractivity contribution in [3.63, 3.8) is 0 Å². The zero-order valence-corrected chi connectivity index (χ0v) is 4.18. The summed E-state index contributed by atoms with van der Waals surface area (Å²) >= 11 is 0. The van der Waals surface area contributed by atoms with E-state index in [9.17, 15) is 0 Å². The van der Waals surface area contributed by atoms with Crippen molar-refractivity contribution in [3.05, 3.63) is 20.9 Å². The van der Waals surface area contributed by atoms with Crippen LogP contribution >= 0.6 is 8.88 Å². The SMILES string of the molecule is [N-]=[N+]=NPN=[N+]=[N-]. The van der Waals surface area contributed by atoms with Gasteiger partial charge in [-0.05, 0) is 11.1 Å². The van der Waals surface area contributed by atoms with E-state index >= 15 is 0 Å². The highest BCUT2D eigenvalue weighted by molar-refractivity contribution is 7.34. The molecule has 0 heterocycles. The zero-order valence-electron chi connectivity index (χ0n) is 3.18. The van der Waals surface area contributed by atoms with Crippen LogP contribution in [0.3, 0.4) is 0 Å². The third kappa shape index (κ3) is 5.05. The van der Waals surface area contributed by atoms with Crippen molar-refractivity contribution in [1.29, 1.82) is 0 Å². The van der Waals surface area contributed by atoms with Crippen molar-refractivity contribution in [2.75, 3.05) is 0 Å². The lowest BCUT2D eigenvalue weighted by molar-refractivity contribution is 1.68. The van der Waals surface area contributed by atoms with Crippen LogP contribution in [0.25, 0.3) is 20.9 Å². The van der Waals surface area contributed by atoms with E-state index in [-0.39, 0.29) is 8.88 Å². The second kappa shape index (κ2) is 5.05. The maximum Gasteiger partial charge on any atom is 0.0642 e. The van der Waals surface area contributed by atoms with Crippen molar-refractivity contribution >= 4 is 8.88 Å². The molecular formula is HN6P. The van der Waals surface area contributed by atoms with Gasteiger partial charge in [-0.2, -0.15) is 0 Å². The van der Waals surface area contributed by atoms with Crippen molar-refractivity contribution in [2.45, 2.75) is 0 Å². The van der Waals surface area contributed by atoms with Gasteiger partial charge in [0.05, 0.1) is 8.88 Å². The Hall–Kier alpha value is -0.950. The summed E-state index contributed by atoms with van der Waals surface area (Å²) in [5, 5.41) is 0. The number of rotatable bonds is 2. The molecule has 0 aromatic rings. The van der Waals surface area contributed by atoms with Gasteiger partial charge in [0.1, 0.15) is 0 Å². The Morgan fingerprint density at radius 2 is 1.57 bits per heavy atom. The molecule has 0 aliphatic carbocycles. The molecule has 0 amide bonds. The molecule has 0 spiro atoms. The largest absolute Gasteiger partial charge is 0.0691 e. The lowest BCUT2D eigenvalue weighted by Crippen LogP contribution is -1.21. The molecule has 0 unspecified atom stereocenters. The van der Waals surface area contributed by atoms with E-state index < -0.39 is 0 Å². The molecule has 7 heteroatoms. The molecule has 0 aromatic carbocycles. The van der Waals surface area contributed by atoms with Gasteiger partial charge >= 0.3 is 0 Å². The lowest BCUT2D eigenvalue weighted by atomic mass is 13.0. The van der Waals surface area contributed by atoms with E-state index in [4.69, 9.17) is 11.1 Å². The molecule has 6 nitrogen and oxygen atoms in total. The summed E-state index contributed by atoms with van der Waals surface area (Å²) in [6.45, 7) is 0. The quantitative estimate of drug-likeness (QED) is 0.228. The Morgan fingerprint density at radius 1 is 1.14 bits per heavy atom. The molecule has 0 bridgehead atoms. The molecule has 0 N–H and O–H groups in total. The van der Waals surface area contributed by atoms with Crippen molar-refractivity contribution in [1.82, 2.24) is 0 Å². The number of azide groups is 1. The van der Waals surface area contributed by atoms with E-state index in [1.807, 2.05) is 0 Å². The minimum Gasteiger partial charge on any atom is -0.0691 e. The molecular weight excluding hydrogens is 115 g/mol. The third-order valence-corrected chi connectivity index (χ3v) is 0.537. The Labute approximate surface area is 40.7 Å². The average Bonchev–Trinajstić information content (AvgIpc) is 1.69. The van der Waals surface area contributed by atoms with Crippen molar-refractivity contribution < 1.29 is 0 Å². The van der Waals surface area contributed by atoms with Crippen LogP contribution in [0.4, 0.5) is 0 Å². The second-order valence-corrected chi connectivity index (χ2v) is 1.08. The van der Waals surface area contributed by atoms with Gasteiger partial charge in [-0.3, -0.25) is 0 Å². The molecule has 0 saturated carbocycles. The van der Waals surface area contributed by atoms with Crippen LogP contribution in [0.15, 0.2) is 9.77 Å². The Morgan fingerprint density at radius 3 is 1.86 bits per heavy atom. The van der Waals surface area contributed by atoms with E-state index in [1.54, 1.807) is 0 Å². The fraction of sp³-hybridized carbons (Fsp3) is 0. The Kier molecular flexibility index (Phi) is 4.36. The van der Waals surface area contributed by atoms with Gasteiger partial charge in [0.2, 0.25) is 0 Å². The van der Waals surface area contributed by atoms with Crippen LogP contribution < -0.4 is 0 Å². The molecule has 0 saturated heterocycles. The maximum atomic E-state index is 7.57. The zero-order chi connectivity index (χ0) is 5.54. The van der Waals surface area contributed by atoms with E-state index in [1.165, 1.54) is 0 Å². The first-order valence-corrected chi connectivity index (χ1v) is 2.14. The molecule has 0 fully saturated rings. The normalized spacial score (nSPS) is 7.43. The summed E-state index contributed by atoms with van der Waals surface area (Å²) < 4.78 is 0. The summed E-state index contributed by atoms with van der Waals surface area (Å²) in [7, 11) is -0.351. The summed E-state index contributed by atoms with van der Waals surface area (Å²) in [5.74, 6) is 0. The van der Waals surface area contributed by atoms with Gasteiger partial charge in [-0.15, -0.1) is 0 Å². The first kappa shape index (κ1) is 6.05. The first-order valence-electron chi connectivity index (χ1n) is 1.25. The lowest BCUT2D eigenvalue weighted by Gasteiger charge is -1.63. The molecule has 0 aliphatic rings. The van der Waals surface area contributed by atoms with Gasteiger partial charge in [0, 0.05) is 9.82 Å². The number of nitrogens with zero attached hydrogens (tertiary/aromatic N) is 6. The summed E-state index contributed by atoms with van der Waals surface area (Å²) in [6.07, 6.45) is 0. The second-order valence-electron chi connectivity index (χ2n) is 0.479. The van der Waals surface area contributed by atoms with Crippen LogP contribution in [0.2, 0.25) is 0 Å². The Bertz CT molecular complexity index is 107. The summed E-state index contributed by atoms with van der Waals surface area (Å²) in [6, 6.07) is 0. The van der Waals surface area contributed by atoms with E-state index in [2.05, 4.69) is 19.6 Å². The number of hydrogen-bond acceptors (Lipinski definition) is 2. The van der Waals surface area contributed by atoms with Gasteiger partial charge in [0.25, 0.3) is 0 Å². The van der Waals surface area contributed by atoms with E-state index in [0.29, 0.717) is 0 Å². The van der Waals surface area contributed by atoms with Gasteiger partial charge in [-0.25, -0.2) is 0 Å². The van der Waals surface area contributed by atoms with Crippen molar-refractivity contribution in [2.24, 2.45) is 9.77 Å². The minimum atomic E-state index is -0.351. The van der Waals surface area contributed by atoms with Crippen LogP contribution in [0.1, 0.15) is 0 Å². The standard InChI is InChI=1S/HN6P/c1-3-5-7-6-4-2/h7H. The summed E-state index contributed by atoms with van der Waals surface area (Å²) in [4.78, 5) is 10.6. The smallest absolute Gasteiger partial charge is 0.0642 e. The number of hydrogen-bond donors (Lipinski definition) is 0. The van der Waals surface area contributed by atoms with Crippen LogP contribution in [-0.4, -0.2) is 0 Å². The summed E-state index contributed by atoms with van der Waals surface area (Å²) in [5.41, 5.74) is 15.1. The van der Waals surface area contributed by atoms with Gasteiger partial charge in [0.15, 0.2) is 0 Å². The molecule has 0 aromatic heterocycles. The highest BCUT2D eigenvalue weighted by Crippen LogP contribution is 2.11. The predicted molar refractivity (Wildman–Crippen MR) is 26.6 cm³/mol. The van der Waals surface area contributed by atoms with Gasteiger partial charge in [-0.1, -0.05) is 9.77 Å². The topological polar surface area (TPSA) is 97.5 Å². The fourth-order valence-corrected chi connectivity index (χ4v) is 0.180. The highest BCUT2D eigenvalue weighted by Gasteiger charge is 1.61. The first-order chi connectivity index (χ1) is 3.41. The van der Waals surface area contributed by atoms with Crippen molar-refractivity contribution in [3.8, 4) is 0 Å². The Balaban J connectivity index is 3.33. The molecule has 0 radical (unpaired) electrons. The molecule has 0 atom stereocenters. The minimum absolute atomic E-state index is 0.351. The van der Waals surface area contributed by atoms with Crippen LogP contribution in [0, 0.1) is 0 Å². The molecule has 36 valence electrons. The fourth-order valence-electron chi connectivity index (χ4n) is 0.0600.